The Bertz CT molecular complexity index is 947. The molecule has 0 spiro atoms. The van der Waals surface area contributed by atoms with Crippen LogP contribution >= 0.6 is 11.3 Å². The quantitative estimate of drug-likeness (QED) is 0.428. The maximum atomic E-state index is 12.7. The Morgan fingerprint density at radius 2 is 2.14 bits per heavy atom. The number of amides is 1. The molecule has 0 fully saturated rings. The first-order valence-electron chi connectivity index (χ1n) is 9.08. The van der Waals surface area contributed by atoms with E-state index in [9.17, 15) is 14.9 Å². The van der Waals surface area contributed by atoms with Gasteiger partial charge in [0.1, 0.15) is 16.6 Å². The van der Waals surface area contributed by atoms with Crippen LogP contribution in [-0.2, 0) is 16.1 Å². The second-order valence-corrected chi connectivity index (χ2v) is 7.50. The topological polar surface area (TPSA) is 97.0 Å². The zero-order valence-corrected chi connectivity index (χ0v) is 17.5. The normalized spacial score (nSPS) is 11.4. The average molecular weight is 401 g/mol. The predicted octanol–water partition coefficient (Wildman–Crippen LogP) is 4.12. The second kappa shape index (κ2) is 9.33. The molecular weight excluding hydrogens is 376 g/mol. The van der Waals surface area contributed by atoms with Crippen LogP contribution in [-0.4, -0.2) is 28.3 Å². The number of rotatable bonds is 7. The van der Waals surface area contributed by atoms with Crippen molar-refractivity contribution in [1.82, 2.24) is 9.78 Å². The summed E-state index contributed by atoms with van der Waals surface area (Å²) in [7, 11) is 0. The Morgan fingerprint density at radius 1 is 1.43 bits per heavy atom. The van der Waals surface area contributed by atoms with Crippen LogP contribution in [0.4, 0.5) is 5.00 Å². The van der Waals surface area contributed by atoms with Gasteiger partial charge in [-0.3, -0.25) is 9.48 Å². The SMILES string of the molecule is CCOC(=O)c1cc(C(C)C)sc1NC(=O)/C(C#N)=C/c1cn(CC)nc1C. The van der Waals surface area contributed by atoms with Gasteiger partial charge in [-0.15, -0.1) is 11.3 Å². The number of hydrogen-bond donors (Lipinski definition) is 1. The van der Waals surface area contributed by atoms with Gasteiger partial charge in [0.25, 0.3) is 5.91 Å². The summed E-state index contributed by atoms with van der Waals surface area (Å²) in [6, 6.07) is 3.66. The third-order valence-corrected chi connectivity index (χ3v) is 5.37. The number of ether oxygens (including phenoxy) is 1. The smallest absolute Gasteiger partial charge is 0.341 e. The number of anilines is 1. The zero-order chi connectivity index (χ0) is 20.8. The third kappa shape index (κ3) is 4.87. The molecule has 0 bridgehead atoms. The Balaban J connectivity index is 2.34. The highest BCUT2D eigenvalue weighted by molar-refractivity contribution is 7.16. The van der Waals surface area contributed by atoms with E-state index >= 15 is 0 Å². The molecule has 28 heavy (non-hydrogen) atoms. The second-order valence-electron chi connectivity index (χ2n) is 6.42. The number of aryl methyl sites for hydroxylation is 2. The van der Waals surface area contributed by atoms with Gasteiger partial charge in [0, 0.05) is 23.2 Å². The number of aromatic nitrogens is 2. The molecule has 0 aromatic carbocycles. The number of nitriles is 1. The van der Waals surface area contributed by atoms with Crippen molar-refractivity contribution < 1.29 is 14.3 Å². The van der Waals surface area contributed by atoms with E-state index in [0.717, 1.165) is 10.6 Å². The van der Waals surface area contributed by atoms with E-state index in [1.54, 1.807) is 23.9 Å². The standard InChI is InChI=1S/C20H24N4O3S/c1-6-24-11-15(13(5)23-24)8-14(10-21)18(25)22-19-16(20(26)27-7-2)9-17(28-19)12(3)4/h8-9,11-12H,6-7H2,1-5H3,(H,22,25)/b14-8+. The zero-order valence-electron chi connectivity index (χ0n) is 16.7. The van der Waals surface area contributed by atoms with Gasteiger partial charge in [0.15, 0.2) is 0 Å². The number of esters is 1. The number of carbonyl (C=O) groups is 2. The van der Waals surface area contributed by atoms with Crippen molar-refractivity contribution in [3.05, 3.63) is 39.5 Å². The van der Waals surface area contributed by atoms with E-state index in [-0.39, 0.29) is 18.1 Å². The molecule has 2 heterocycles. The fraction of sp³-hybridized carbons (Fsp3) is 0.400. The van der Waals surface area contributed by atoms with Gasteiger partial charge in [-0.05, 0) is 38.8 Å². The molecule has 0 aliphatic heterocycles. The van der Waals surface area contributed by atoms with Crippen LogP contribution in [0.2, 0.25) is 0 Å². The Labute approximate surface area is 168 Å². The van der Waals surface area contributed by atoms with Gasteiger partial charge in [-0.2, -0.15) is 10.4 Å². The van der Waals surface area contributed by atoms with E-state index in [4.69, 9.17) is 4.74 Å². The largest absolute Gasteiger partial charge is 0.462 e. The van der Waals surface area contributed by atoms with Crippen LogP contribution in [0.15, 0.2) is 17.8 Å². The summed E-state index contributed by atoms with van der Waals surface area (Å²) >= 11 is 1.31. The van der Waals surface area contributed by atoms with E-state index in [1.165, 1.54) is 17.4 Å². The third-order valence-electron chi connectivity index (χ3n) is 4.02. The summed E-state index contributed by atoms with van der Waals surface area (Å²) in [5.74, 6) is -0.880. The summed E-state index contributed by atoms with van der Waals surface area (Å²) < 4.78 is 6.82. The molecule has 1 amide bonds. The minimum atomic E-state index is -0.575. The lowest BCUT2D eigenvalue weighted by molar-refractivity contribution is -0.112. The monoisotopic (exact) mass is 400 g/mol. The molecule has 2 rings (SSSR count). The minimum absolute atomic E-state index is 0.0620. The van der Waals surface area contributed by atoms with E-state index in [2.05, 4.69) is 10.4 Å². The number of nitrogens with one attached hydrogen (secondary N) is 1. The summed E-state index contributed by atoms with van der Waals surface area (Å²) in [5, 5.41) is 16.8. The highest BCUT2D eigenvalue weighted by Gasteiger charge is 2.21. The summed E-state index contributed by atoms with van der Waals surface area (Å²) in [6.45, 7) is 10.4. The van der Waals surface area contributed by atoms with Crippen molar-refractivity contribution in [3.8, 4) is 6.07 Å². The summed E-state index contributed by atoms with van der Waals surface area (Å²) in [4.78, 5) is 25.9. The first kappa shape index (κ1) is 21.4. The van der Waals surface area contributed by atoms with Gasteiger partial charge in [-0.25, -0.2) is 4.79 Å². The van der Waals surface area contributed by atoms with E-state index in [1.807, 2.05) is 33.8 Å². The van der Waals surface area contributed by atoms with Gasteiger partial charge < -0.3 is 10.1 Å². The molecule has 0 atom stereocenters. The molecular formula is C20H24N4O3S. The molecule has 0 radical (unpaired) electrons. The van der Waals surface area contributed by atoms with Crippen LogP contribution in [0.1, 0.15) is 60.1 Å². The predicted molar refractivity (Wildman–Crippen MR) is 109 cm³/mol. The maximum absolute atomic E-state index is 12.7. The Morgan fingerprint density at radius 3 is 2.68 bits per heavy atom. The first-order chi connectivity index (χ1) is 13.3. The molecule has 7 nitrogen and oxygen atoms in total. The van der Waals surface area contributed by atoms with Crippen molar-refractivity contribution in [1.29, 1.82) is 5.26 Å². The lowest BCUT2D eigenvalue weighted by atomic mass is 10.1. The highest BCUT2D eigenvalue weighted by Crippen LogP contribution is 2.33. The van der Waals surface area contributed by atoms with Crippen LogP contribution in [0.3, 0.4) is 0 Å². The molecule has 0 saturated heterocycles. The van der Waals surface area contributed by atoms with Crippen molar-refractivity contribution in [2.45, 2.75) is 47.1 Å². The lowest BCUT2D eigenvalue weighted by Gasteiger charge is -2.05. The minimum Gasteiger partial charge on any atom is -0.462 e. The molecule has 0 saturated carbocycles. The Hall–Kier alpha value is -2.92. The number of thiophene rings is 1. The summed E-state index contributed by atoms with van der Waals surface area (Å²) in [6.07, 6.45) is 3.29. The molecule has 8 heteroatoms. The van der Waals surface area contributed by atoms with Crippen LogP contribution in [0.5, 0.6) is 0 Å². The summed E-state index contributed by atoms with van der Waals surface area (Å²) in [5.41, 5.74) is 1.67. The molecule has 2 aromatic heterocycles. The van der Waals surface area contributed by atoms with Crippen molar-refractivity contribution in [3.63, 3.8) is 0 Å². The Kier molecular flexibility index (Phi) is 7.12. The molecule has 0 aliphatic carbocycles. The number of carbonyl (C=O) groups excluding carboxylic acids is 2. The molecule has 0 aliphatic rings. The molecule has 148 valence electrons. The molecule has 0 unspecified atom stereocenters. The first-order valence-corrected chi connectivity index (χ1v) is 9.90. The van der Waals surface area contributed by atoms with Crippen molar-refractivity contribution >= 4 is 34.3 Å². The molecule has 1 N–H and O–H groups in total. The van der Waals surface area contributed by atoms with Gasteiger partial charge >= 0.3 is 5.97 Å². The van der Waals surface area contributed by atoms with Crippen LogP contribution in [0.25, 0.3) is 6.08 Å². The number of nitrogens with zero attached hydrogens (tertiary/aromatic N) is 3. The fourth-order valence-corrected chi connectivity index (χ4v) is 3.50. The van der Waals surface area contributed by atoms with Crippen molar-refractivity contribution in [2.75, 3.05) is 11.9 Å². The lowest BCUT2D eigenvalue weighted by Crippen LogP contribution is -2.15. The maximum Gasteiger partial charge on any atom is 0.341 e. The van der Waals surface area contributed by atoms with Gasteiger partial charge in [0.2, 0.25) is 0 Å². The highest BCUT2D eigenvalue weighted by atomic mass is 32.1. The van der Waals surface area contributed by atoms with E-state index < -0.39 is 11.9 Å². The fourth-order valence-electron chi connectivity index (χ4n) is 2.46. The number of hydrogen-bond acceptors (Lipinski definition) is 6. The van der Waals surface area contributed by atoms with Crippen LogP contribution in [0, 0.1) is 18.3 Å². The average Bonchev–Trinajstić information content (AvgIpc) is 3.23. The van der Waals surface area contributed by atoms with Crippen LogP contribution < -0.4 is 5.32 Å². The van der Waals surface area contributed by atoms with Gasteiger partial charge in [-0.1, -0.05) is 13.8 Å². The van der Waals surface area contributed by atoms with E-state index in [0.29, 0.717) is 22.7 Å². The molecule has 2 aromatic rings. The van der Waals surface area contributed by atoms with Crippen molar-refractivity contribution in [2.24, 2.45) is 0 Å². The van der Waals surface area contributed by atoms with Gasteiger partial charge in [0.05, 0.1) is 17.9 Å².